The maximum absolute atomic E-state index is 10.7. The molecule has 0 saturated carbocycles. The molecule has 0 atom stereocenters. The number of rotatable bonds is 14. The van der Waals surface area contributed by atoms with Crippen LogP contribution >= 0.6 is 0 Å². The van der Waals surface area contributed by atoms with Crippen LogP contribution in [0.1, 0.15) is 71.1 Å². The van der Waals surface area contributed by atoms with E-state index in [-0.39, 0.29) is 0 Å². The molecule has 0 fully saturated rings. The Kier molecular flexibility index (Phi) is 14.7. The van der Waals surface area contributed by atoms with Gasteiger partial charge in [-0.3, -0.25) is 4.79 Å². The van der Waals surface area contributed by atoms with E-state index >= 15 is 0 Å². The first-order chi connectivity index (χ1) is 11.3. The molecule has 0 aromatic heterocycles. The van der Waals surface area contributed by atoms with Crippen LogP contribution in [0.3, 0.4) is 0 Å². The normalized spacial score (nSPS) is 12.9. The van der Waals surface area contributed by atoms with Crippen LogP contribution in [0.25, 0.3) is 1.43 Å². The summed E-state index contributed by atoms with van der Waals surface area (Å²) in [7, 11) is 0. The topological polar surface area (TPSA) is 37.3 Å². The quantitative estimate of drug-likeness (QED) is 0.306. The van der Waals surface area contributed by atoms with Gasteiger partial charge < -0.3 is 5.11 Å². The Morgan fingerprint density at radius 2 is 1.32 bits per heavy atom. The zero-order valence-electron chi connectivity index (χ0n) is 15.0. The minimum atomic E-state index is -0.458. The molecule has 0 heterocycles. The monoisotopic (exact) mass is 305 g/mol. The first kappa shape index (κ1) is 18.5. The van der Waals surface area contributed by atoms with E-state index in [1.807, 2.05) is 0 Å². The molecule has 0 rings (SSSR count). The maximum atomic E-state index is 10.7. The summed E-state index contributed by atoms with van der Waals surface area (Å²) in [5, 5.41) is 3.84. The Morgan fingerprint density at radius 3 is 1.82 bits per heavy atom. The van der Waals surface area contributed by atoms with Gasteiger partial charge in [0, 0.05) is 6.42 Å². The molecule has 0 unspecified atom stereocenters. The maximum Gasteiger partial charge on any atom is 0.303 e. The highest BCUT2D eigenvalue weighted by atomic mass is 16.4. The average Bonchev–Trinajstić information content (AvgIpc) is 2.57. The van der Waals surface area contributed by atoms with Crippen molar-refractivity contribution in [3.63, 3.8) is 0 Å². The van der Waals surface area contributed by atoms with Gasteiger partial charge in [-0.15, -0.1) is 0 Å². The summed E-state index contributed by atoms with van der Waals surface area (Å²) < 4.78 is 6.42. The second-order valence-corrected chi connectivity index (χ2v) is 5.35. The third-order valence-electron chi connectivity index (χ3n) is 3.21. The summed E-state index contributed by atoms with van der Waals surface area (Å²) in [6.07, 6.45) is 27.4. The second-order valence-electron chi connectivity index (χ2n) is 5.35. The second kappa shape index (κ2) is 17.5. The summed E-state index contributed by atoms with van der Waals surface area (Å²) >= 11 is 0. The van der Waals surface area contributed by atoms with Crippen molar-refractivity contribution in [1.82, 2.24) is 0 Å². The highest BCUT2D eigenvalue weighted by Crippen LogP contribution is 2.01. The molecule has 22 heavy (non-hydrogen) atoms. The van der Waals surface area contributed by atoms with Gasteiger partial charge in [0.05, 0.1) is 0 Å². The largest absolute Gasteiger partial charge is 0.481 e. The number of allylic oxidation sites excluding steroid dienone is 8. The van der Waals surface area contributed by atoms with Crippen molar-refractivity contribution in [1.29, 1.82) is 1.43 Å². The smallest absolute Gasteiger partial charge is 0.303 e. The van der Waals surface area contributed by atoms with Crippen LogP contribution in [0.5, 0.6) is 0 Å². The summed E-state index contributed by atoms with van der Waals surface area (Å²) in [4.78, 5) is 10.7. The number of carboxylic acid groups (broad SMARTS) is 1. The van der Waals surface area contributed by atoms with Gasteiger partial charge in [0.15, 0.2) is 0 Å². The lowest BCUT2D eigenvalue weighted by molar-refractivity contribution is -0.137. The zero-order chi connectivity index (χ0) is 17.0. The number of carboxylic acids is 1. The van der Waals surface area contributed by atoms with Gasteiger partial charge in [0.1, 0.15) is 0 Å². The summed E-state index contributed by atoms with van der Waals surface area (Å²) in [6, 6.07) is 0. The van der Waals surface area contributed by atoms with E-state index in [1.54, 1.807) is 0 Å². The van der Waals surface area contributed by atoms with Crippen LogP contribution in [-0.2, 0) is 4.79 Å². The molecule has 0 aliphatic rings. The van der Waals surface area contributed by atoms with E-state index < -0.39 is 5.97 Å². The Hall–Kier alpha value is -1.57. The fraction of sp³-hybridized carbons (Fsp3) is 0.550. The Balaban J connectivity index is 3.42. The lowest BCUT2D eigenvalue weighted by Gasteiger charge is -1.90. The Morgan fingerprint density at radius 1 is 0.818 bits per heavy atom. The summed E-state index contributed by atoms with van der Waals surface area (Å²) in [5.74, 6) is -0.458. The van der Waals surface area contributed by atoms with Crippen molar-refractivity contribution < 1.29 is 9.90 Å². The molecule has 2 nitrogen and oxygen atoms in total. The van der Waals surface area contributed by atoms with Gasteiger partial charge in [-0.05, 0) is 44.9 Å². The zero-order valence-corrected chi connectivity index (χ0v) is 14.0. The molecular formula is C20H32O2. The Bertz CT molecular complexity index is 381. The lowest BCUT2D eigenvalue weighted by atomic mass is 10.2. The first-order valence-corrected chi connectivity index (χ1v) is 8.57. The number of hydrogen-bond acceptors (Lipinski definition) is 2. The third-order valence-corrected chi connectivity index (χ3v) is 3.21. The van der Waals surface area contributed by atoms with Crippen molar-refractivity contribution in [2.45, 2.75) is 71.1 Å². The van der Waals surface area contributed by atoms with Gasteiger partial charge >= 0.3 is 5.97 Å². The third kappa shape index (κ3) is 18.4. The van der Waals surface area contributed by atoms with E-state index in [0.29, 0.717) is 6.42 Å². The van der Waals surface area contributed by atoms with Gasteiger partial charge in [0.2, 0.25) is 0 Å². The summed E-state index contributed by atoms with van der Waals surface area (Å²) in [5.41, 5.74) is 0. The van der Waals surface area contributed by atoms with Crippen LogP contribution in [0.4, 0.5) is 0 Å². The molecule has 0 aliphatic heterocycles. The molecule has 2 heteroatoms. The molecule has 0 aromatic carbocycles. The van der Waals surface area contributed by atoms with Crippen molar-refractivity contribution >= 4 is 5.97 Å². The van der Waals surface area contributed by atoms with Crippen LogP contribution in [0.15, 0.2) is 48.6 Å². The van der Waals surface area contributed by atoms with Crippen molar-refractivity contribution in [3.8, 4) is 0 Å². The predicted molar refractivity (Wildman–Crippen MR) is 96.0 cm³/mol. The van der Waals surface area contributed by atoms with Gasteiger partial charge in [-0.2, -0.15) is 0 Å². The van der Waals surface area contributed by atoms with Crippen molar-refractivity contribution in [2.24, 2.45) is 0 Å². The van der Waals surface area contributed by atoms with E-state index in [9.17, 15) is 4.79 Å². The van der Waals surface area contributed by atoms with E-state index in [4.69, 9.17) is 1.43 Å². The van der Waals surface area contributed by atoms with Gasteiger partial charge in [0.25, 0.3) is 1.43 Å². The first-order valence-electron chi connectivity index (χ1n) is 8.98. The fourth-order valence-electron chi connectivity index (χ4n) is 1.93. The lowest BCUT2D eigenvalue weighted by Crippen LogP contribution is -1.92. The standard InChI is InChI=1S/C20H32O2/c1-2-3-4-5-6-7-8-9-10-11-12-13-14-15-16-17-18-19-20(21)22/h6-7,9-10,12-13,15-16H,2-5,8,11,14,17-19H2,1H3,(H,21,22)/b7-6-,10-9-,13-12-,16-15-/i/hD. The number of hydrogen-bond donors (Lipinski definition) is 1. The van der Waals surface area contributed by atoms with Gasteiger partial charge in [-0.25, -0.2) is 0 Å². The van der Waals surface area contributed by atoms with E-state index in [1.165, 1.54) is 25.7 Å². The molecule has 0 bridgehead atoms. The highest BCUT2D eigenvalue weighted by molar-refractivity contribution is 5.66. The van der Waals surface area contributed by atoms with Gasteiger partial charge in [-0.1, -0.05) is 68.4 Å². The summed E-state index contributed by atoms with van der Waals surface area (Å²) in [6.45, 7) is 2.23. The molecule has 0 amide bonds. The van der Waals surface area contributed by atoms with Crippen LogP contribution < -0.4 is 0 Å². The Labute approximate surface area is 137 Å². The predicted octanol–water partition coefficient (Wildman–Crippen LogP) is 6.22. The molecular weight excluding hydrogens is 272 g/mol. The van der Waals surface area contributed by atoms with Crippen LogP contribution in [0.2, 0.25) is 0 Å². The fourth-order valence-corrected chi connectivity index (χ4v) is 1.93. The number of carbonyl (C=O) groups is 1. The van der Waals surface area contributed by atoms with Crippen LogP contribution in [-0.4, -0.2) is 11.1 Å². The average molecular weight is 305 g/mol. The molecule has 0 spiro atoms. The van der Waals surface area contributed by atoms with Crippen LogP contribution in [0, 0.1) is 0 Å². The SMILES string of the molecule is [2H]OC(=O)CCC/C=C\C/C=C\C/C=C\C/C=C\CCCCC. The number of aliphatic carboxylic acids is 1. The minimum absolute atomic E-state index is 0.321. The van der Waals surface area contributed by atoms with Crippen molar-refractivity contribution in [3.05, 3.63) is 48.6 Å². The minimum Gasteiger partial charge on any atom is -0.481 e. The number of unbranched alkanes of at least 4 members (excludes halogenated alkanes) is 4. The highest BCUT2D eigenvalue weighted by Gasteiger charge is 1.92. The molecule has 124 valence electrons. The van der Waals surface area contributed by atoms with E-state index in [0.717, 1.165) is 32.1 Å². The molecule has 0 aliphatic carbocycles. The van der Waals surface area contributed by atoms with E-state index in [2.05, 4.69) is 60.6 Å². The molecule has 0 aromatic rings. The molecule has 0 radical (unpaired) electrons. The van der Waals surface area contributed by atoms with Crippen molar-refractivity contribution in [2.75, 3.05) is 0 Å². The molecule has 1 N–H and O–H groups in total. The molecule has 0 saturated heterocycles.